The molecule has 1 N–H and O–H groups in total. The van der Waals surface area contributed by atoms with Crippen LogP contribution >= 0.6 is 0 Å². The van der Waals surface area contributed by atoms with Gasteiger partial charge in [0.05, 0.1) is 0 Å². The normalized spacial score (nSPS) is 15.7. The highest BCUT2D eigenvalue weighted by atomic mass is 16.2. The summed E-state index contributed by atoms with van der Waals surface area (Å²) in [4.78, 5) is 40.7. The van der Waals surface area contributed by atoms with E-state index in [2.05, 4.69) is 11.9 Å². The summed E-state index contributed by atoms with van der Waals surface area (Å²) in [6, 6.07) is 14.1. The van der Waals surface area contributed by atoms with Crippen LogP contribution in [0.5, 0.6) is 0 Å². The Hall–Kier alpha value is -3.41. The number of amides is 3. The van der Waals surface area contributed by atoms with E-state index < -0.39 is 0 Å². The van der Waals surface area contributed by atoms with Gasteiger partial charge in [-0.1, -0.05) is 30.8 Å². The predicted octanol–water partition coefficient (Wildman–Crippen LogP) is 2.99. The molecule has 2 aliphatic heterocycles. The molecule has 2 heterocycles. The Bertz CT molecular complexity index is 941. The van der Waals surface area contributed by atoms with Gasteiger partial charge < -0.3 is 10.2 Å². The highest BCUT2D eigenvalue weighted by molar-refractivity contribution is 6.11. The number of nitrogens with one attached hydrogen (secondary N) is 1. The first-order chi connectivity index (χ1) is 13.5. The highest BCUT2D eigenvalue weighted by Gasteiger charge is 2.31. The number of hydrogen-bond donors (Lipinski definition) is 1. The summed E-state index contributed by atoms with van der Waals surface area (Å²) in [6.45, 7) is 5.36. The number of carbonyl (C=O) groups is 3. The molecule has 0 aliphatic carbocycles. The van der Waals surface area contributed by atoms with E-state index in [-0.39, 0.29) is 24.3 Å². The predicted molar refractivity (Wildman–Crippen MR) is 107 cm³/mol. The van der Waals surface area contributed by atoms with Crippen molar-refractivity contribution in [1.29, 1.82) is 0 Å². The van der Waals surface area contributed by atoms with Gasteiger partial charge >= 0.3 is 0 Å². The van der Waals surface area contributed by atoms with Gasteiger partial charge in [0.15, 0.2) is 0 Å². The molecule has 0 atom stereocenters. The van der Waals surface area contributed by atoms with E-state index >= 15 is 0 Å². The van der Waals surface area contributed by atoms with E-state index in [1.165, 1.54) is 4.90 Å². The van der Waals surface area contributed by atoms with Gasteiger partial charge in [-0.05, 0) is 37.1 Å². The molecule has 1 saturated heterocycles. The Morgan fingerprint density at radius 2 is 1.71 bits per heavy atom. The monoisotopic (exact) mass is 375 g/mol. The Morgan fingerprint density at radius 1 is 1.00 bits per heavy atom. The number of nitrogens with zero attached hydrogens (tertiary/aromatic N) is 2. The molecule has 142 valence electrons. The molecule has 4 rings (SSSR count). The molecule has 3 amide bonds. The van der Waals surface area contributed by atoms with Gasteiger partial charge in [-0.25, -0.2) is 0 Å². The summed E-state index contributed by atoms with van der Waals surface area (Å²) in [7, 11) is 0. The molecule has 0 spiro atoms. The van der Waals surface area contributed by atoms with Crippen LogP contribution in [0.25, 0.3) is 5.70 Å². The third-order valence-corrected chi connectivity index (χ3v) is 5.13. The molecule has 1 fully saturated rings. The minimum atomic E-state index is -0.340. The molecular formula is C22H21N3O3. The number of fused-ring (bicyclic) bond motifs is 1. The van der Waals surface area contributed by atoms with Gasteiger partial charge in [0.2, 0.25) is 5.91 Å². The summed E-state index contributed by atoms with van der Waals surface area (Å²) in [5, 5.41) is 2.78. The smallest absolute Gasteiger partial charge is 0.259 e. The molecule has 0 radical (unpaired) electrons. The number of likely N-dealkylation sites (tertiary alicyclic amines) is 1. The number of carbonyl (C=O) groups excluding carboxylic acids is 3. The summed E-state index contributed by atoms with van der Waals surface area (Å²) >= 11 is 0. The lowest BCUT2D eigenvalue weighted by molar-refractivity contribution is -0.116. The molecule has 0 saturated carbocycles. The quantitative estimate of drug-likeness (QED) is 0.893. The van der Waals surface area contributed by atoms with Gasteiger partial charge in [-0.3, -0.25) is 19.3 Å². The van der Waals surface area contributed by atoms with E-state index in [0.29, 0.717) is 22.5 Å². The van der Waals surface area contributed by atoms with E-state index in [4.69, 9.17) is 0 Å². The zero-order valence-corrected chi connectivity index (χ0v) is 15.5. The third-order valence-electron chi connectivity index (χ3n) is 5.13. The van der Waals surface area contributed by atoms with Gasteiger partial charge in [-0.2, -0.15) is 0 Å². The average molecular weight is 375 g/mol. The summed E-state index contributed by atoms with van der Waals surface area (Å²) in [6.07, 6.45) is 2.05. The molecule has 2 aliphatic rings. The first-order valence-electron chi connectivity index (χ1n) is 9.34. The van der Waals surface area contributed by atoms with E-state index in [9.17, 15) is 14.4 Å². The van der Waals surface area contributed by atoms with Crippen LogP contribution in [0.2, 0.25) is 0 Å². The van der Waals surface area contributed by atoms with Crippen molar-refractivity contribution in [2.45, 2.75) is 12.8 Å². The molecule has 2 aromatic rings. The van der Waals surface area contributed by atoms with Crippen molar-refractivity contribution in [3.05, 3.63) is 71.8 Å². The first-order valence-corrected chi connectivity index (χ1v) is 9.34. The van der Waals surface area contributed by atoms with Crippen LogP contribution in [0.4, 0.5) is 5.69 Å². The van der Waals surface area contributed by atoms with Gasteiger partial charge in [-0.15, -0.1) is 0 Å². The number of hydrogen-bond acceptors (Lipinski definition) is 3. The Morgan fingerprint density at radius 3 is 2.43 bits per heavy atom. The molecule has 0 bridgehead atoms. The van der Waals surface area contributed by atoms with Crippen LogP contribution in [0, 0.1) is 0 Å². The fraction of sp³-hybridized carbons (Fsp3) is 0.227. The van der Waals surface area contributed by atoms with E-state index in [1.807, 2.05) is 17.0 Å². The maximum atomic E-state index is 12.5. The van der Waals surface area contributed by atoms with Crippen molar-refractivity contribution in [2.75, 3.05) is 25.0 Å². The zero-order chi connectivity index (χ0) is 19.7. The van der Waals surface area contributed by atoms with Crippen LogP contribution in [-0.4, -0.2) is 47.2 Å². The molecule has 2 aromatic carbocycles. The molecule has 6 nitrogen and oxygen atoms in total. The van der Waals surface area contributed by atoms with Crippen LogP contribution < -0.4 is 5.32 Å². The molecular weight excluding hydrogens is 354 g/mol. The standard InChI is InChI=1S/C22H21N3O3/c1-15-18-9-2-3-10-19(18)22(28)25(15)14-20(26)23-17-8-6-7-16(13-17)21(27)24-11-4-5-12-24/h2-3,6-10,13H,1,4-5,11-12,14H2,(H,23,26). The molecule has 0 unspecified atom stereocenters. The second kappa shape index (κ2) is 7.31. The van der Waals surface area contributed by atoms with Gasteiger partial charge in [0.1, 0.15) is 6.54 Å². The van der Waals surface area contributed by atoms with Crippen molar-refractivity contribution in [2.24, 2.45) is 0 Å². The zero-order valence-electron chi connectivity index (χ0n) is 15.5. The SMILES string of the molecule is C=C1c2ccccc2C(=O)N1CC(=O)Nc1cccc(C(=O)N2CCCC2)c1. The van der Waals surface area contributed by atoms with Crippen molar-refractivity contribution in [3.8, 4) is 0 Å². The minimum Gasteiger partial charge on any atom is -0.339 e. The first kappa shape index (κ1) is 18.0. The van der Waals surface area contributed by atoms with Gasteiger partial charge in [0, 0.05) is 41.2 Å². The number of anilines is 1. The second-order valence-corrected chi connectivity index (χ2v) is 7.01. The maximum Gasteiger partial charge on any atom is 0.259 e. The molecule has 6 heteroatoms. The van der Waals surface area contributed by atoms with Crippen molar-refractivity contribution in [3.63, 3.8) is 0 Å². The number of rotatable bonds is 4. The summed E-state index contributed by atoms with van der Waals surface area (Å²) in [5.41, 5.74) is 2.91. The van der Waals surface area contributed by atoms with Crippen LogP contribution in [0.15, 0.2) is 55.1 Å². The van der Waals surface area contributed by atoms with Crippen molar-refractivity contribution < 1.29 is 14.4 Å². The summed E-state index contributed by atoms with van der Waals surface area (Å²) in [5.74, 6) is -0.589. The van der Waals surface area contributed by atoms with Crippen LogP contribution in [0.3, 0.4) is 0 Å². The number of benzene rings is 2. The topological polar surface area (TPSA) is 69.7 Å². The van der Waals surface area contributed by atoms with Gasteiger partial charge in [0.25, 0.3) is 11.8 Å². The lowest BCUT2D eigenvalue weighted by Gasteiger charge is -2.18. The Labute approximate surface area is 163 Å². The Kier molecular flexibility index (Phi) is 4.69. The largest absolute Gasteiger partial charge is 0.339 e. The minimum absolute atomic E-state index is 0.0212. The lowest BCUT2D eigenvalue weighted by Crippen LogP contribution is -2.32. The molecule has 0 aromatic heterocycles. The van der Waals surface area contributed by atoms with Crippen molar-refractivity contribution >= 4 is 29.1 Å². The van der Waals surface area contributed by atoms with E-state index in [1.54, 1.807) is 36.4 Å². The average Bonchev–Trinajstić information content (AvgIpc) is 3.32. The lowest BCUT2D eigenvalue weighted by atomic mass is 10.1. The molecule has 28 heavy (non-hydrogen) atoms. The highest BCUT2D eigenvalue weighted by Crippen LogP contribution is 2.30. The fourth-order valence-electron chi connectivity index (χ4n) is 3.68. The summed E-state index contributed by atoms with van der Waals surface area (Å²) < 4.78 is 0. The van der Waals surface area contributed by atoms with Crippen LogP contribution in [-0.2, 0) is 4.79 Å². The third kappa shape index (κ3) is 3.29. The maximum absolute atomic E-state index is 12.5. The fourth-order valence-corrected chi connectivity index (χ4v) is 3.68. The van der Waals surface area contributed by atoms with E-state index in [0.717, 1.165) is 31.5 Å². The van der Waals surface area contributed by atoms with Crippen molar-refractivity contribution in [1.82, 2.24) is 9.80 Å². The van der Waals surface area contributed by atoms with Crippen LogP contribution in [0.1, 0.15) is 39.1 Å². The Balaban J connectivity index is 1.43. The second-order valence-electron chi connectivity index (χ2n) is 7.01.